The van der Waals surface area contributed by atoms with Crippen LogP contribution in [0.5, 0.6) is 0 Å². The summed E-state index contributed by atoms with van der Waals surface area (Å²) in [6.45, 7) is 2.80. The summed E-state index contributed by atoms with van der Waals surface area (Å²) in [7, 11) is 0. The van der Waals surface area contributed by atoms with Crippen LogP contribution in [-0.4, -0.2) is 22.2 Å². The minimum absolute atomic E-state index is 0.158. The van der Waals surface area contributed by atoms with Crippen LogP contribution < -0.4 is 5.32 Å². The minimum Gasteiger partial charge on any atom is -0.392 e. The Balaban J connectivity index is 1.82. The predicted molar refractivity (Wildman–Crippen MR) is 57.3 cm³/mol. The molecule has 0 aliphatic heterocycles. The Morgan fingerprint density at radius 3 is 3.07 bits per heavy atom. The number of nitrogens with one attached hydrogen (secondary N) is 1. The minimum atomic E-state index is -0.158. The zero-order valence-electron chi connectivity index (χ0n) is 8.36. The first-order valence-electron chi connectivity index (χ1n) is 5.08. The van der Waals surface area contributed by atoms with Gasteiger partial charge in [0.05, 0.1) is 16.8 Å². The number of hydrogen-bond acceptors (Lipinski definition) is 4. The second-order valence-corrected chi connectivity index (χ2v) is 4.91. The molecule has 0 unspecified atom stereocenters. The monoisotopic (exact) mass is 212 g/mol. The van der Waals surface area contributed by atoms with Crippen molar-refractivity contribution in [2.75, 3.05) is 0 Å². The molecule has 1 saturated carbocycles. The average Bonchev–Trinajstić information content (AvgIpc) is 2.72. The number of nitrogens with zero attached hydrogens (tertiary/aromatic N) is 1. The molecule has 0 spiro atoms. The van der Waals surface area contributed by atoms with E-state index in [0.29, 0.717) is 0 Å². The van der Waals surface area contributed by atoms with Crippen LogP contribution in [0.15, 0.2) is 5.38 Å². The van der Waals surface area contributed by atoms with Crippen LogP contribution in [0.2, 0.25) is 0 Å². The summed E-state index contributed by atoms with van der Waals surface area (Å²) >= 11 is 1.67. The van der Waals surface area contributed by atoms with E-state index in [-0.39, 0.29) is 12.1 Å². The highest BCUT2D eigenvalue weighted by molar-refractivity contribution is 7.09. The molecule has 2 atom stereocenters. The van der Waals surface area contributed by atoms with Crippen LogP contribution in [-0.2, 0) is 6.54 Å². The smallest absolute Gasteiger partial charge is 0.0897 e. The standard InChI is InChI=1S/C10H16N2OS/c1-7-12-8(6-14-7)5-11-9-3-2-4-10(9)13/h6,9-11,13H,2-5H2,1H3/t9-,10-/m0/s1. The zero-order chi connectivity index (χ0) is 9.97. The molecule has 2 rings (SSSR count). The number of aliphatic hydroxyl groups is 1. The molecule has 0 bridgehead atoms. The zero-order valence-corrected chi connectivity index (χ0v) is 9.18. The molecule has 3 nitrogen and oxygen atoms in total. The number of rotatable bonds is 3. The second-order valence-electron chi connectivity index (χ2n) is 3.84. The molecule has 1 heterocycles. The molecule has 0 aromatic carbocycles. The lowest BCUT2D eigenvalue weighted by Gasteiger charge is -2.15. The van der Waals surface area contributed by atoms with Gasteiger partial charge in [-0.05, 0) is 26.2 Å². The van der Waals surface area contributed by atoms with Crippen molar-refractivity contribution in [3.8, 4) is 0 Å². The summed E-state index contributed by atoms with van der Waals surface area (Å²) in [6.07, 6.45) is 3.00. The van der Waals surface area contributed by atoms with Crippen LogP contribution in [0.1, 0.15) is 30.0 Å². The van der Waals surface area contributed by atoms with E-state index in [1.54, 1.807) is 11.3 Å². The predicted octanol–water partition coefficient (Wildman–Crippen LogP) is 1.45. The van der Waals surface area contributed by atoms with Gasteiger partial charge in [-0.3, -0.25) is 0 Å². The van der Waals surface area contributed by atoms with E-state index in [2.05, 4.69) is 15.7 Å². The first-order valence-corrected chi connectivity index (χ1v) is 5.96. The molecular weight excluding hydrogens is 196 g/mol. The third-order valence-electron chi connectivity index (χ3n) is 2.69. The molecular formula is C10H16N2OS. The lowest BCUT2D eigenvalue weighted by atomic mass is 10.2. The van der Waals surface area contributed by atoms with E-state index < -0.39 is 0 Å². The molecule has 1 aromatic rings. The summed E-state index contributed by atoms with van der Waals surface area (Å²) < 4.78 is 0. The first-order chi connectivity index (χ1) is 6.75. The van der Waals surface area contributed by atoms with Gasteiger partial charge >= 0.3 is 0 Å². The fourth-order valence-electron chi connectivity index (χ4n) is 1.90. The Kier molecular flexibility index (Phi) is 3.15. The highest BCUT2D eigenvalue weighted by Gasteiger charge is 2.24. The van der Waals surface area contributed by atoms with Crippen LogP contribution in [0, 0.1) is 6.92 Å². The molecule has 1 aliphatic rings. The Morgan fingerprint density at radius 1 is 1.64 bits per heavy atom. The van der Waals surface area contributed by atoms with Gasteiger partial charge in [0.15, 0.2) is 0 Å². The Labute approximate surface area is 88.2 Å². The van der Waals surface area contributed by atoms with Crippen molar-refractivity contribution in [1.29, 1.82) is 0 Å². The summed E-state index contributed by atoms with van der Waals surface area (Å²) in [5.41, 5.74) is 1.09. The van der Waals surface area contributed by atoms with Crippen molar-refractivity contribution < 1.29 is 5.11 Å². The molecule has 0 amide bonds. The topological polar surface area (TPSA) is 45.2 Å². The molecule has 78 valence electrons. The molecule has 1 fully saturated rings. The van der Waals surface area contributed by atoms with E-state index in [9.17, 15) is 5.11 Å². The lowest BCUT2D eigenvalue weighted by molar-refractivity contribution is 0.148. The normalized spacial score (nSPS) is 27.0. The maximum absolute atomic E-state index is 9.59. The van der Waals surface area contributed by atoms with Gasteiger partial charge in [0.25, 0.3) is 0 Å². The van der Waals surface area contributed by atoms with Gasteiger partial charge in [-0.15, -0.1) is 11.3 Å². The van der Waals surface area contributed by atoms with Gasteiger partial charge in [-0.25, -0.2) is 4.98 Å². The Hall–Kier alpha value is -0.450. The molecule has 2 N–H and O–H groups in total. The van der Waals surface area contributed by atoms with E-state index in [1.165, 1.54) is 0 Å². The van der Waals surface area contributed by atoms with Gasteiger partial charge in [-0.2, -0.15) is 0 Å². The number of aliphatic hydroxyl groups excluding tert-OH is 1. The van der Waals surface area contributed by atoms with Gasteiger partial charge in [-0.1, -0.05) is 0 Å². The third-order valence-corrected chi connectivity index (χ3v) is 3.51. The number of aromatic nitrogens is 1. The molecule has 14 heavy (non-hydrogen) atoms. The molecule has 0 saturated heterocycles. The summed E-state index contributed by atoms with van der Waals surface area (Å²) in [6, 6.07) is 0.275. The Morgan fingerprint density at radius 2 is 2.50 bits per heavy atom. The van der Waals surface area contributed by atoms with Crippen LogP contribution in [0.3, 0.4) is 0 Å². The number of thiazole rings is 1. The van der Waals surface area contributed by atoms with Crippen molar-refractivity contribution in [3.63, 3.8) is 0 Å². The van der Waals surface area contributed by atoms with Crippen LogP contribution >= 0.6 is 11.3 Å². The summed E-state index contributed by atoms with van der Waals surface area (Å²) in [5.74, 6) is 0. The molecule has 1 aliphatic carbocycles. The molecule has 0 radical (unpaired) electrons. The quantitative estimate of drug-likeness (QED) is 0.797. The fourth-order valence-corrected chi connectivity index (χ4v) is 2.52. The van der Waals surface area contributed by atoms with E-state index in [0.717, 1.165) is 36.5 Å². The number of aryl methyl sites for hydroxylation is 1. The lowest BCUT2D eigenvalue weighted by Crippen LogP contribution is -2.35. The van der Waals surface area contributed by atoms with Gasteiger partial charge in [0, 0.05) is 18.0 Å². The van der Waals surface area contributed by atoms with Crippen molar-refractivity contribution in [2.45, 2.75) is 44.9 Å². The summed E-state index contributed by atoms with van der Waals surface area (Å²) in [5, 5.41) is 16.1. The fraction of sp³-hybridized carbons (Fsp3) is 0.700. The highest BCUT2D eigenvalue weighted by Crippen LogP contribution is 2.19. The van der Waals surface area contributed by atoms with Crippen molar-refractivity contribution in [2.24, 2.45) is 0 Å². The third kappa shape index (κ3) is 2.32. The maximum atomic E-state index is 9.59. The maximum Gasteiger partial charge on any atom is 0.0897 e. The van der Waals surface area contributed by atoms with E-state index in [4.69, 9.17) is 0 Å². The van der Waals surface area contributed by atoms with Crippen molar-refractivity contribution >= 4 is 11.3 Å². The summed E-state index contributed by atoms with van der Waals surface area (Å²) in [4.78, 5) is 4.37. The average molecular weight is 212 g/mol. The Bertz CT molecular complexity index is 300. The van der Waals surface area contributed by atoms with Gasteiger partial charge in [0.2, 0.25) is 0 Å². The SMILES string of the molecule is Cc1nc(CN[C@H]2CCC[C@@H]2O)cs1. The van der Waals surface area contributed by atoms with Crippen LogP contribution in [0.4, 0.5) is 0 Å². The van der Waals surface area contributed by atoms with Crippen molar-refractivity contribution in [1.82, 2.24) is 10.3 Å². The first kappa shape index (κ1) is 10.1. The molecule has 4 heteroatoms. The largest absolute Gasteiger partial charge is 0.392 e. The van der Waals surface area contributed by atoms with E-state index >= 15 is 0 Å². The van der Waals surface area contributed by atoms with E-state index in [1.807, 2.05) is 6.92 Å². The number of hydrogen-bond donors (Lipinski definition) is 2. The van der Waals surface area contributed by atoms with Gasteiger partial charge < -0.3 is 10.4 Å². The van der Waals surface area contributed by atoms with Crippen molar-refractivity contribution in [3.05, 3.63) is 16.1 Å². The molecule has 1 aromatic heterocycles. The van der Waals surface area contributed by atoms with Crippen LogP contribution in [0.25, 0.3) is 0 Å². The van der Waals surface area contributed by atoms with Gasteiger partial charge in [0.1, 0.15) is 0 Å². The second kappa shape index (κ2) is 4.38. The highest BCUT2D eigenvalue weighted by atomic mass is 32.1.